The van der Waals surface area contributed by atoms with Gasteiger partial charge in [0.25, 0.3) is 0 Å². The van der Waals surface area contributed by atoms with E-state index in [0.717, 1.165) is 6.26 Å². The van der Waals surface area contributed by atoms with Gasteiger partial charge >= 0.3 is 5.97 Å². The maximum atomic E-state index is 11.0. The average Bonchev–Trinajstić information content (AvgIpc) is 2.20. The average molecular weight is 230 g/mol. The second kappa shape index (κ2) is 5.50. The monoisotopic (exact) mass is 230 g/mol. The minimum Gasteiger partial charge on any atom is -0.478 e. The third-order valence-corrected chi connectivity index (χ3v) is 2.66. The van der Waals surface area contributed by atoms with E-state index in [1.54, 1.807) is 0 Å². The van der Waals surface area contributed by atoms with Gasteiger partial charge in [0.2, 0.25) is 0 Å². The van der Waals surface area contributed by atoms with E-state index in [9.17, 15) is 13.2 Å². The van der Waals surface area contributed by atoms with Gasteiger partial charge in [-0.15, -0.1) is 0 Å². The lowest BCUT2D eigenvalue weighted by molar-refractivity contribution is 0.0697. The van der Waals surface area contributed by atoms with Gasteiger partial charge in [0.15, 0.2) is 9.84 Å². The van der Waals surface area contributed by atoms with Gasteiger partial charge in [-0.3, -0.25) is 0 Å². The fourth-order valence-electron chi connectivity index (χ4n) is 0.845. The molecule has 0 aromatic heterocycles. The van der Waals surface area contributed by atoms with Crippen LogP contribution in [0.3, 0.4) is 0 Å². The molecule has 0 unspecified atom stereocenters. The zero-order valence-electron chi connectivity index (χ0n) is 8.89. The van der Waals surface area contributed by atoms with E-state index < -0.39 is 15.8 Å². The van der Waals surface area contributed by atoms with E-state index in [1.165, 1.54) is 24.3 Å². The molecule has 0 bridgehead atoms. The number of carboxylic acid groups (broad SMARTS) is 1. The molecule has 0 aliphatic carbocycles. The summed E-state index contributed by atoms with van der Waals surface area (Å²) in [5.74, 6) is -1.07. The number of hydrogen-bond donors (Lipinski definition) is 1. The van der Waals surface area contributed by atoms with E-state index >= 15 is 0 Å². The molecule has 4 nitrogen and oxygen atoms in total. The molecule has 0 heterocycles. The summed E-state index contributed by atoms with van der Waals surface area (Å²) in [7, 11) is -3.24. The Hall–Kier alpha value is -1.36. The highest BCUT2D eigenvalue weighted by molar-refractivity contribution is 7.90. The Morgan fingerprint density at radius 3 is 1.80 bits per heavy atom. The Bertz CT molecular complexity index is 417. The zero-order valence-corrected chi connectivity index (χ0v) is 9.71. The maximum absolute atomic E-state index is 11.0. The largest absolute Gasteiger partial charge is 0.478 e. The van der Waals surface area contributed by atoms with Crippen molar-refractivity contribution in [3.8, 4) is 0 Å². The number of rotatable bonds is 2. The van der Waals surface area contributed by atoms with Crippen molar-refractivity contribution in [3.63, 3.8) is 0 Å². The Labute approximate surface area is 89.5 Å². The summed E-state index contributed by atoms with van der Waals surface area (Å²) in [5, 5.41) is 8.53. The Kier molecular flexibility index (Phi) is 5.00. The first-order valence-corrected chi connectivity index (χ1v) is 6.34. The standard InChI is InChI=1S/C8H8O4S.C2H6/c1-13(11,12)7-4-2-6(3-5-7)8(9)10;1-2/h2-5H,1H3,(H,9,10);1-2H3. The quantitative estimate of drug-likeness (QED) is 0.841. The van der Waals surface area contributed by atoms with Crippen LogP contribution in [0.15, 0.2) is 29.2 Å². The van der Waals surface area contributed by atoms with Crippen molar-refractivity contribution in [2.75, 3.05) is 6.26 Å². The molecule has 1 rings (SSSR count). The first-order valence-electron chi connectivity index (χ1n) is 4.44. The van der Waals surface area contributed by atoms with Crippen LogP contribution >= 0.6 is 0 Å². The Balaban J connectivity index is 0.000000921. The van der Waals surface area contributed by atoms with Crippen LogP contribution in [0.25, 0.3) is 0 Å². The van der Waals surface area contributed by atoms with E-state index in [2.05, 4.69) is 0 Å². The molecule has 0 spiro atoms. The second-order valence-corrected chi connectivity index (χ2v) is 4.62. The molecule has 0 saturated heterocycles. The minimum atomic E-state index is -3.24. The van der Waals surface area contributed by atoms with E-state index in [4.69, 9.17) is 5.11 Å². The van der Waals surface area contributed by atoms with E-state index in [-0.39, 0.29) is 10.5 Å². The van der Waals surface area contributed by atoms with Gasteiger partial charge in [0, 0.05) is 6.26 Å². The van der Waals surface area contributed by atoms with Crippen LogP contribution in [0, 0.1) is 0 Å². The van der Waals surface area contributed by atoms with Gasteiger partial charge in [-0.2, -0.15) is 0 Å². The van der Waals surface area contributed by atoms with Crippen molar-refractivity contribution in [1.82, 2.24) is 0 Å². The lowest BCUT2D eigenvalue weighted by Gasteiger charge is -1.97. The molecular formula is C10H14O4S. The fourth-order valence-corrected chi connectivity index (χ4v) is 1.48. The zero-order chi connectivity index (χ0) is 12.1. The Morgan fingerprint density at radius 2 is 1.53 bits per heavy atom. The summed E-state index contributed by atoms with van der Waals surface area (Å²) in [6, 6.07) is 5.08. The molecule has 15 heavy (non-hydrogen) atoms. The van der Waals surface area contributed by atoms with Crippen molar-refractivity contribution in [2.45, 2.75) is 18.7 Å². The van der Waals surface area contributed by atoms with Crippen LogP contribution in [-0.2, 0) is 9.84 Å². The van der Waals surface area contributed by atoms with Crippen molar-refractivity contribution in [2.24, 2.45) is 0 Å². The molecule has 0 amide bonds. The van der Waals surface area contributed by atoms with Gasteiger partial charge < -0.3 is 5.11 Å². The van der Waals surface area contributed by atoms with Gasteiger partial charge in [-0.05, 0) is 24.3 Å². The molecule has 84 valence electrons. The van der Waals surface area contributed by atoms with Crippen LogP contribution < -0.4 is 0 Å². The molecule has 0 fully saturated rings. The summed E-state index contributed by atoms with van der Waals surface area (Å²) in [6.45, 7) is 4.00. The molecule has 5 heteroatoms. The highest BCUT2D eigenvalue weighted by atomic mass is 32.2. The van der Waals surface area contributed by atoms with Crippen LogP contribution in [0.4, 0.5) is 0 Å². The summed E-state index contributed by atoms with van der Waals surface area (Å²) >= 11 is 0. The van der Waals surface area contributed by atoms with Crippen LogP contribution in [0.5, 0.6) is 0 Å². The van der Waals surface area contributed by atoms with E-state index in [0.29, 0.717) is 0 Å². The fraction of sp³-hybridized carbons (Fsp3) is 0.300. The second-order valence-electron chi connectivity index (χ2n) is 2.60. The van der Waals surface area contributed by atoms with Crippen molar-refractivity contribution >= 4 is 15.8 Å². The lowest BCUT2D eigenvalue weighted by atomic mass is 10.2. The SMILES string of the molecule is CC.CS(=O)(=O)c1ccc(C(=O)O)cc1. The van der Waals surface area contributed by atoms with Gasteiger partial charge in [0.1, 0.15) is 0 Å². The molecular weight excluding hydrogens is 216 g/mol. The van der Waals surface area contributed by atoms with Gasteiger partial charge in [-0.25, -0.2) is 13.2 Å². The highest BCUT2D eigenvalue weighted by Gasteiger charge is 2.08. The third kappa shape index (κ3) is 4.12. The topological polar surface area (TPSA) is 71.4 Å². The number of carbonyl (C=O) groups is 1. The van der Waals surface area contributed by atoms with Gasteiger partial charge in [0.05, 0.1) is 10.5 Å². The molecule has 1 aromatic rings. The molecule has 0 aliphatic rings. The van der Waals surface area contributed by atoms with Crippen molar-refractivity contribution < 1.29 is 18.3 Å². The predicted octanol–water partition coefficient (Wildman–Crippen LogP) is 1.81. The highest BCUT2D eigenvalue weighted by Crippen LogP contribution is 2.09. The predicted molar refractivity (Wildman–Crippen MR) is 57.9 cm³/mol. The third-order valence-electron chi connectivity index (χ3n) is 1.53. The number of carboxylic acids is 1. The van der Waals surface area contributed by atoms with Gasteiger partial charge in [-0.1, -0.05) is 13.8 Å². The number of benzene rings is 1. The summed E-state index contributed by atoms with van der Waals surface area (Å²) in [4.78, 5) is 10.5. The molecule has 0 aliphatic heterocycles. The van der Waals surface area contributed by atoms with Crippen molar-refractivity contribution in [1.29, 1.82) is 0 Å². The number of aromatic carboxylic acids is 1. The molecule has 1 N–H and O–H groups in total. The maximum Gasteiger partial charge on any atom is 0.335 e. The first-order chi connectivity index (χ1) is 6.91. The summed E-state index contributed by atoms with van der Waals surface area (Å²) in [6.07, 6.45) is 1.07. The van der Waals surface area contributed by atoms with Crippen LogP contribution in [0.2, 0.25) is 0 Å². The number of hydrogen-bond acceptors (Lipinski definition) is 3. The van der Waals surface area contributed by atoms with Crippen molar-refractivity contribution in [3.05, 3.63) is 29.8 Å². The molecule has 0 radical (unpaired) electrons. The first kappa shape index (κ1) is 13.6. The lowest BCUT2D eigenvalue weighted by Crippen LogP contribution is -1.99. The molecule has 1 aromatic carbocycles. The van der Waals surface area contributed by atoms with Crippen LogP contribution in [-0.4, -0.2) is 25.7 Å². The molecule has 0 saturated carbocycles. The summed E-state index contributed by atoms with van der Waals surface area (Å²) < 4.78 is 21.9. The number of sulfone groups is 1. The van der Waals surface area contributed by atoms with Crippen LogP contribution in [0.1, 0.15) is 24.2 Å². The summed E-state index contributed by atoms with van der Waals surface area (Å²) in [5.41, 5.74) is 0.0763. The van der Waals surface area contributed by atoms with E-state index in [1.807, 2.05) is 13.8 Å². The smallest absolute Gasteiger partial charge is 0.335 e. The normalized spacial score (nSPS) is 10.1. The Morgan fingerprint density at radius 1 is 1.13 bits per heavy atom. The minimum absolute atomic E-state index is 0.0763. The molecule has 0 atom stereocenters.